The molecule has 0 heterocycles. The summed E-state index contributed by atoms with van der Waals surface area (Å²) in [6, 6.07) is 8.91. The highest BCUT2D eigenvalue weighted by Crippen LogP contribution is 2.28. The van der Waals surface area contributed by atoms with E-state index in [2.05, 4.69) is 5.32 Å². The number of carbonyl (C=O) groups is 2. The first-order valence-corrected chi connectivity index (χ1v) is 13.4. The van der Waals surface area contributed by atoms with Gasteiger partial charge in [0.05, 0.1) is 5.69 Å². The first-order valence-electron chi connectivity index (χ1n) is 11.3. The Morgan fingerprint density at radius 1 is 1.03 bits per heavy atom. The van der Waals surface area contributed by atoms with Crippen molar-refractivity contribution in [2.75, 3.05) is 24.9 Å². The number of para-hydroxylation sites is 1. The molecule has 0 saturated heterocycles. The summed E-state index contributed by atoms with van der Waals surface area (Å²) in [5, 5.41) is 3.38. The Morgan fingerprint density at radius 2 is 1.61 bits per heavy atom. The molecule has 1 N–H and O–H groups in total. The molecule has 0 aliphatic carbocycles. The minimum absolute atomic E-state index is 0.148. The van der Waals surface area contributed by atoms with Crippen molar-refractivity contribution in [3.8, 4) is 0 Å². The van der Waals surface area contributed by atoms with Gasteiger partial charge < -0.3 is 10.2 Å². The van der Waals surface area contributed by atoms with Gasteiger partial charge in [0.25, 0.3) is 0 Å². The van der Waals surface area contributed by atoms with E-state index in [9.17, 15) is 22.4 Å². The first-order chi connectivity index (χ1) is 16.8. The van der Waals surface area contributed by atoms with Gasteiger partial charge >= 0.3 is 10.2 Å². The fraction of sp³-hybridized carbons (Fsp3) is 0.417. The Kier molecular flexibility index (Phi) is 10.5. The summed E-state index contributed by atoms with van der Waals surface area (Å²) in [4.78, 5) is 27.8. The van der Waals surface area contributed by atoms with Gasteiger partial charge in [0.15, 0.2) is 0 Å². The van der Waals surface area contributed by atoms with Crippen LogP contribution < -0.4 is 9.62 Å². The van der Waals surface area contributed by atoms with Gasteiger partial charge in [-0.2, -0.15) is 12.7 Å². The fourth-order valence-corrected chi connectivity index (χ4v) is 4.84. The standard InChI is InChI=1S/C24H31Cl2FN4O4S/c1-6-16(2)28-24(33)17(3)30(14-18-19(25)10-9-11-20(18)26)23(32)15-31(36(34,35)29(4)5)22-13-8-7-12-21(22)27/h7-13,16-17H,6,14-15H2,1-5H3,(H,28,33)/t16-,17-/m1/s1. The molecule has 2 aromatic carbocycles. The zero-order chi connectivity index (χ0) is 27.2. The number of rotatable bonds is 11. The van der Waals surface area contributed by atoms with Gasteiger partial charge in [-0.3, -0.25) is 9.59 Å². The number of nitrogens with one attached hydrogen (secondary N) is 1. The average molecular weight is 562 g/mol. The van der Waals surface area contributed by atoms with Crippen LogP contribution in [0.25, 0.3) is 0 Å². The molecule has 0 bridgehead atoms. The lowest BCUT2D eigenvalue weighted by atomic mass is 10.1. The SMILES string of the molecule is CC[C@@H](C)NC(=O)[C@@H](C)N(Cc1c(Cl)cccc1Cl)C(=O)CN(c1ccccc1F)S(=O)(=O)N(C)C. The summed E-state index contributed by atoms with van der Waals surface area (Å²) in [6.45, 7) is 4.32. The molecule has 8 nitrogen and oxygen atoms in total. The van der Waals surface area contributed by atoms with Gasteiger partial charge in [-0.25, -0.2) is 8.70 Å². The average Bonchev–Trinajstić information content (AvgIpc) is 2.82. The Morgan fingerprint density at radius 3 is 2.14 bits per heavy atom. The number of carbonyl (C=O) groups excluding carboxylic acids is 2. The topological polar surface area (TPSA) is 90.0 Å². The van der Waals surface area contributed by atoms with E-state index in [1.54, 1.807) is 18.2 Å². The highest BCUT2D eigenvalue weighted by molar-refractivity contribution is 7.90. The Hall–Kier alpha value is -2.40. The third-order valence-electron chi connectivity index (χ3n) is 5.70. The first kappa shape index (κ1) is 29.8. The summed E-state index contributed by atoms with van der Waals surface area (Å²) in [6.07, 6.45) is 0.672. The largest absolute Gasteiger partial charge is 0.352 e. The zero-order valence-electron chi connectivity index (χ0n) is 20.8. The third-order valence-corrected chi connectivity index (χ3v) is 8.21. The lowest BCUT2D eigenvalue weighted by molar-refractivity contribution is -0.139. The molecule has 0 radical (unpaired) electrons. The number of hydrogen-bond donors (Lipinski definition) is 1. The van der Waals surface area contributed by atoms with Crippen molar-refractivity contribution in [3.05, 3.63) is 63.9 Å². The van der Waals surface area contributed by atoms with Crippen molar-refractivity contribution in [2.45, 2.75) is 45.8 Å². The van der Waals surface area contributed by atoms with Crippen LogP contribution in [-0.2, 0) is 26.3 Å². The fourth-order valence-electron chi connectivity index (χ4n) is 3.26. The highest BCUT2D eigenvalue weighted by Gasteiger charge is 2.34. The Balaban J connectivity index is 2.53. The van der Waals surface area contributed by atoms with E-state index < -0.39 is 40.4 Å². The molecule has 2 amide bonds. The number of benzene rings is 2. The third kappa shape index (κ3) is 7.09. The van der Waals surface area contributed by atoms with E-state index in [-0.39, 0.29) is 28.3 Å². The zero-order valence-corrected chi connectivity index (χ0v) is 23.2. The van der Waals surface area contributed by atoms with Crippen molar-refractivity contribution in [1.29, 1.82) is 0 Å². The van der Waals surface area contributed by atoms with E-state index in [4.69, 9.17) is 23.2 Å². The number of anilines is 1. The van der Waals surface area contributed by atoms with Gasteiger partial charge in [0.1, 0.15) is 18.4 Å². The van der Waals surface area contributed by atoms with Crippen molar-refractivity contribution >= 4 is 50.9 Å². The monoisotopic (exact) mass is 560 g/mol. The quantitative estimate of drug-likeness (QED) is 0.448. The van der Waals surface area contributed by atoms with E-state index in [1.807, 2.05) is 13.8 Å². The lowest BCUT2D eigenvalue weighted by Gasteiger charge is -2.33. The molecular weight excluding hydrogens is 530 g/mol. The van der Waals surface area contributed by atoms with Crippen LogP contribution in [0.5, 0.6) is 0 Å². The molecule has 2 atom stereocenters. The molecule has 0 aliphatic rings. The van der Waals surface area contributed by atoms with Crippen LogP contribution in [0.3, 0.4) is 0 Å². The maximum absolute atomic E-state index is 14.7. The van der Waals surface area contributed by atoms with Gasteiger partial charge in [0, 0.05) is 42.3 Å². The second-order valence-corrected chi connectivity index (χ2v) is 11.3. The van der Waals surface area contributed by atoms with Crippen molar-refractivity contribution in [1.82, 2.24) is 14.5 Å². The molecule has 2 aromatic rings. The maximum atomic E-state index is 14.7. The smallest absolute Gasteiger partial charge is 0.304 e. The van der Waals surface area contributed by atoms with Crippen LogP contribution in [0.1, 0.15) is 32.8 Å². The highest BCUT2D eigenvalue weighted by atomic mass is 35.5. The molecule has 0 saturated carbocycles. The summed E-state index contributed by atoms with van der Waals surface area (Å²) in [7, 11) is -1.72. The molecule has 0 spiro atoms. The number of nitrogens with zero attached hydrogens (tertiary/aromatic N) is 3. The molecule has 198 valence electrons. The minimum atomic E-state index is -4.27. The normalized spacial score (nSPS) is 13.2. The molecule has 36 heavy (non-hydrogen) atoms. The van der Waals surface area contributed by atoms with E-state index >= 15 is 0 Å². The van der Waals surface area contributed by atoms with Crippen molar-refractivity contribution in [3.63, 3.8) is 0 Å². The molecule has 0 aromatic heterocycles. The predicted molar refractivity (Wildman–Crippen MR) is 141 cm³/mol. The molecular formula is C24H31Cl2FN4O4S. The Labute approximate surface area is 222 Å². The van der Waals surface area contributed by atoms with E-state index in [0.717, 1.165) is 10.4 Å². The maximum Gasteiger partial charge on any atom is 0.304 e. The number of hydrogen-bond acceptors (Lipinski definition) is 4. The summed E-state index contributed by atoms with van der Waals surface area (Å²) in [5.41, 5.74) is 0.0947. The van der Waals surface area contributed by atoms with Crippen LogP contribution in [0, 0.1) is 5.82 Å². The Bertz CT molecular complexity index is 1180. The minimum Gasteiger partial charge on any atom is -0.352 e. The van der Waals surface area contributed by atoms with Crippen molar-refractivity contribution < 1.29 is 22.4 Å². The van der Waals surface area contributed by atoms with E-state index in [1.165, 1.54) is 44.1 Å². The van der Waals surface area contributed by atoms with Gasteiger partial charge in [-0.15, -0.1) is 0 Å². The summed E-state index contributed by atoms with van der Waals surface area (Å²) in [5.74, 6) is -2.00. The second kappa shape index (κ2) is 12.7. The lowest BCUT2D eigenvalue weighted by Crippen LogP contribution is -2.53. The van der Waals surface area contributed by atoms with Gasteiger partial charge in [-0.05, 0) is 44.5 Å². The summed E-state index contributed by atoms with van der Waals surface area (Å²) >= 11 is 12.6. The van der Waals surface area contributed by atoms with Crippen LogP contribution in [0.15, 0.2) is 42.5 Å². The molecule has 0 aliphatic heterocycles. The van der Waals surface area contributed by atoms with E-state index in [0.29, 0.717) is 16.3 Å². The molecule has 12 heteroatoms. The molecule has 0 unspecified atom stereocenters. The second-order valence-electron chi connectivity index (χ2n) is 8.46. The van der Waals surface area contributed by atoms with Crippen LogP contribution >= 0.6 is 23.2 Å². The van der Waals surface area contributed by atoms with Gasteiger partial charge in [-0.1, -0.05) is 48.3 Å². The van der Waals surface area contributed by atoms with Gasteiger partial charge in [0.2, 0.25) is 11.8 Å². The predicted octanol–water partition coefficient (Wildman–Crippen LogP) is 4.08. The summed E-state index contributed by atoms with van der Waals surface area (Å²) < 4.78 is 42.4. The van der Waals surface area contributed by atoms with Crippen LogP contribution in [0.4, 0.5) is 10.1 Å². The number of amides is 2. The van der Waals surface area contributed by atoms with Crippen LogP contribution in [-0.4, -0.2) is 62.2 Å². The van der Waals surface area contributed by atoms with Crippen LogP contribution in [0.2, 0.25) is 10.0 Å². The molecule has 0 fully saturated rings. The molecule has 2 rings (SSSR count). The van der Waals surface area contributed by atoms with Crippen molar-refractivity contribution in [2.24, 2.45) is 0 Å². The number of halogens is 3.